The summed E-state index contributed by atoms with van der Waals surface area (Å²) in [5.74, 6) is -1.95. The zero-order chi connectivity index (χ0) is 22.5. The number of ether oxygens (including phenoxy) is 2. The van der Waals surface area contributed by atoms with Crippen molar-refractivity contribution in [2.24, 2.45) is 5.92 Å². The van der Waals surface area contributed by atoms with Gasteiger partial charge in [-0.25, -0.2) is 4.79 Å². The second-order valence-corrected chi connectivity index (χ2v) is 13.8. The van der Waals surface area contributed by atoms with Crippen LogP contribution in [0, 0.1) is 12.8 Å². The number of benzene rings is 2. The molecule has 0 spiro atoms. The minimum absolute atomic E-state index is 0.301. The van der Waals surface area contributed by atoms with Gasteiger partial charge in [-0.3, -0.25) is 4.79 Å². The van der Waals surface area contributed by atoms with Gasteiger partial charge >= 0.3 is 11.9 Å². The van der Waals surface area contributed by atoms with E-state index in [1.54, 1.807) is 31.4 Å². The molecule has 30 heavy (non-hydrogen) atoms. The molecule has 2 rings (SSSR count). The molecule has 2 aromatic carbocycles. The summed E-state index contributed by atoms with van der Waals surface area (Å²) in [7, 11) is 0.774. The Kier molecular flexibility index (Phi) is 7.67. The van der Waals surface area contributed by atoms with Crippen LogP contribution in [-0.2, 0) is 14.3 Å². The number of aliphatic carboxylic acids is 1. The predicted octanol–water partition coefficient (Wildman–Crippen LogP) is 4.32. The Hall–Kier alpha value is -2.80. The van der Waals surface area contributed by atoms with Crippen LogP contribution in [-0.4, -0.2) is 45.4 Å². The second-order valence-electron chi connectivity index (χ2n) is 8.49. The van der Waals surface area contributed by atoms with E-state index in [9.17, 15) is 14.7 Å². The third kappa shape index (κ3) is 5.63. The summed E-state index contributed by atoms with van der Waals surface area (Å²) in [6.45, 7) is 8.35. The first kappa shape index (κ1) is 23.5. The first-order valence-electron chi connectivity index (χ1n) is 9.86. The van der Waals surface area contributed by atoms with E-state index in [-0.39, 0.29) is 5.54 Å². The van der Waals surface area contributed by atoms with Crippen LogP contribution in [0.4, 0.5) is 5.69 Å². The zero-order valence-corrected chi connectivity index (χ0v) is 19.4. The number of rotatable bonds is 9. The van der Waals surface area contributed by atoms with Crippen LogP contribution in [0.15, 0.2) is 48.5 Å². The van der Waals surface area contributed by atoms with Crippen LogP contribution in [0.5, 0.6) is 5.75 Å². The summed E-state index contributed by atoms with van der Waals surface area (Å²) >= 11 is 0. The average molecular weight is 430 g/mol. The Morgan fingerprint density at radius 3 is 1.97 bits per heavy atom. The fraction of sp³-hybridized carbons (Fsp3) is 0.391. The van der Waals surface area contributed by atoms with Crippen molar-refractivity contribution in [3.8, 4) is 5.75 Å². The molecule has 0 aliphatic carbocycles. The van der Waals surface area contributed by atoms with Crippen molar-refractivity contribution in [2.75, 3.05) is 19.5 Å². The minimum Gasteiger partial charge on any atom is -0.497 e. The summed E-state index contributed by atoms with van der Waals surface area (Å²) in [6.07, 6.45) is 0. The van der Waals surface area contributed by atoms with E-state index in [0.29, 0.717) is 11.4 Å². The van der Waals surface area contributed by atoms with Gasteiger partial charge in [0.25, 0.3) is 0 Å². The number of nitrogens with one attached hydrogen (secondary N) is 1. The highest BCUT2D eigenvalue weighted by Crippen LogP contribution is 2.37. The third-order valence-electron chi connectivity index (χ3n) is 5.24. The predicted molar refractivity (Wildman–Crippen MR) is 121 cm³/mol. The fourth-order valence-electron chi connectivity index (χ4n) is 3.79. The molecular weight excluding hydrogens is 398 g/mol. The van der Waals surface area contributed by atoms with Crippen LogP contribution in [0.2, 0.25) is 19.6 Å². The summed E-state index contributed by atoms with van der Waals surface area (Å²) in [4.78, 5) is 25.3. The Morgan fingerprint density at radius 1 is 0.967 bits per heavy atom. The normalized spacial score (nSPS) is 14.3. The number of carbonyl (C=O) groups excluding carboxylic acids is 1. The highest BCUT2D eigenvalue weighted by molar-refractivity contribution is 6.77. The molecule has 7 heteroatoms. The van der Waals surface area contributed by atoms with E-state index >= 15 is 0 Å². The van der Waals surface area contributed by atoms with Crippen molar-refractivity contribution >= 4 is 25.7 Å². The Morgan fingerprint density at radius 2 is 1.53 bits per heavy atom. The Bertz CT molecular complexity index is 859. The summed E-state index contributed by atoms with van der Waals surface area (Å²) < 4.78 is 10.2. The molecule has 162 valence electrons. The quantitative estimate of drug-likeness (QED) is 0.456. The van der Waals surface area contributed by atoms with Crippen LogP contribution in [0.3, 0.4) is 0 Å². The lowest BCUT2D eigenvalue weighted by molar-refractivity contribution is -0.151. The van der Waals surface area contributed by atoms with Gasteiger partial charge in [0.2, 0.25) is 0 Å². The first-order valence-corrected chi connectivity index (χ1v) is 13.4. The van der Waals surface area contributed by atoms with Gasteiger partial charge in [-0.2, -0.15) is 0 Å². The third-order valence-corrected chi connectivity index (χ3v) is 7.80. The maximum atomic E-state index is 12.7. The summed E-state index contributed by atoms with van der Waals surface area (Å²) in [5, 5.41) is 13.4. The van der Waals surface area contributed by atoms with Gasteiger partial charge in [-0.05, 0) is 42.3 Å². The fourth-order valence-corrected chi connectivity index (χ4v) is 6.39. The summed E-state index contributed by atoms with van der Waals surface area (Å²) in [6, 6.07) is 13.9. The second kappa shape index (κ2) is 9.80. The van der Waals surface area contributed by atoms with Crippen LogP contribution < -0.4 is 10.1 Å². The standard InChI is InChI=1S/C23H31NO5Si/c1-15-7-9-16(10-8-15)21(30(4,5)6)19(22(25)26)20(23(27)29-3)24-17-11-13-18(28-2)14-12-17/h7-14,19-21,24H,1-6H3,(H,25,26)/t19-,20-,21+/m0/s1. The van der Waals surface area contributed by atoms with Crippen LogP contribution in [0.1, 0.15) is 16.7 Å². The monoisotopic (exact) mass is 429 g/mol. The lowest BCUT2D eigenvalue weighted by Crippen LogP contribution is -2.50. The molecule has 0 fully saturated rings. The molecule has 0 aromatic heterocycles. The van der Waals surface area contributed by atoms with Gasteiger partial charge in [0.1, 0.15) is 11.8 Å². The van der Waals surface area contributed by atoms with E-state index < -0.39 is 32.0 Å². The van der Waals surface area contributed by atoms with E-state index in [1.165, 1.54) is 7.11 Å². The van der Waals surface area contributed by atoms with Gasteiger partial charge in [0.05, 0.1) is 28.2 Å². The number of hydrogen-bond donors (Lipinski definition) is 2. The molecule has 0 aliphatic heterocycles. The van der Waals surface area contributed by atoms with E-state index in [0.717, 1.165) is 11.1 Å². The number of esters is 1. The Balaban J connectivity index is 2.53. The number of carboxylic acids is 1. The molecule has 0 unspecified atom stereocenters. The minimum atomic E-state index is -2.07. The van der Waals surface area contributed by atoms with Crippen molar-refractivity contribution in [3.05, 3.63) is 59.7 Å². The molecule has 3 atom stereocenters. The smallest absolute Gasteiger partial charge is 0.329 e. The molecule has 0 saturated heterocycles. The van der Waals surface area contributed by atoms with E-state index in [1.807, 2.05) is 31.2 Å². The molecule has 0 aliphatic rings. The molecule has 2 aromatic rings. The van der Waals surface area contributed by atoms with Gasteiger partial charge in [0.15, 0.2) is 0 Å². The molecule has 0 amide bonds. The number of aryl methyl sites for hydroxylation is 1. The largest absolute Gasteiger partial charge is 0.497 e. The molecule has 0 heterocycles. The van der Waals surface area contributed by atoms with E-state index in [2.05, 4.69) is 25.0 Å². The lowest BCUT2D eigenvalue weighted by Gasteiger charge is -2.37. The maximum absolute atomic E-state index is 12.7. The highest BCUT2D eigenvalue weighted by Gasteiger charge is 2.46. The van der Waals surface area contributed by atoms with E-state index in [4.69, 9.17) is 9.47 Å². The zero-order valence-electron chi connectivity index (χ0n) is 18.4. The van der Waals surface area contributed by atoms with Crippen LogP contribution >= 0.6 is 0 Å². The van der Waals surface area contributed by atoms with Gasteiger partial charge in [-0.1, -0.05) is 49.5 Å². The van der Waals surface area contributed by atoms with Gasteiger partial charge in [-0.15, -0.1) is 0 Å². The number of carboxylic acid groups (broad SMARTS) is 1. The average Bonchev–Trinajstić information content (AvgIpc) is 2.70. The highest BCUT2D eigenvalue weighted by atomic mass is 28.3. The van der Waals surface area contributed by atoms with Crippen molar-refractivity contribution in [2.45, 2.75) is 38.1 Å². The van der Waals surface area contributed by atoms with Crippen molar-refractivity contribution in [1.82, 2.24) is 0 Å². The molecule has 0 saturated carbocycles. The molecule has 0 radical (unpaired) electrons. The van der Waals surface area contributed by atoms with Gasteiger partial charge in [0, 0.05) is 5.69 Å². The van der Waals surface area contributed by atoms with Gasteiger partial charge < -0.3 is 19.9 Å². The van der Waals surface area contributed by atoms with Crippen molar-refractivity contribution < 1.29 is 24.2 Å². The first-order chi connectivity index (χ1) is 14.1. The number of hydrogen-bond acceptors (Lipinski definition) is 5. The molecule has 0 bridgehead atoms. The SMILES string of the molecule is COC(=O)[C@@H](Nc1ccc(OC)cc1)[C@H](C(=O)O)[C@@H](c1ccc(C)cc1)[Si](C)(C)C. The van der Waals surface area contributed by atoms with Crippen molar-refractivity contribution in [1.29, 1.82) is 0 Å². The van der Waals surface area contributed by atoms with Crippen LogP contribution in [0.25, 0.3) is 0 Å². The number of anilines is 1. The number of carbonyl (C=O) groups is 2. The Labute approximate surface area is 179 Å². The topological polar surface area (TPSA) is 84.9 Å². The number of methoxy groups -OCH3 is 2. The summed E-state index contributed by atoms with van der Waals surface area (Å²) in [5.41, 5.74) is 2.35. The molecular formula is C23H31NO5Si. The van der Waals surface area contributed by atoms with Crippen molar-refractivity contribution in [3.63, 3.8) is 0 Å². The maximum Gasteiger partial charge on any atom is 0.329 e. The molecule has 2 N–H and O–H groups in total. The lowest BCUT2D eigenvalue weighted by atomic mass is 9.90. The molecule has 6 nitrogen and oxygen atoms in total.